The van der Waals surface area contributed by atoms with Crippen LogP contribution in [0.2, 0.25) is 0 Å². The van der Waals surface area contributed by atoms with Crippen LogP contribution in [-0.4, -0.2) is 27.2 Å². The molecule has 1 N–H and O–H groups in total. The highest BCUT2D eigenvalue weighted by Gasteiger charge is 2.06. The maximum atomic E-state index is 12.0. The number of carbonyl (C=O) groups excluding carboxylic acids is 1. The normalized spacial score (nSPS) is 10.7. The van der Waals surface area contributed by atoms with E-state index in [0.29, 0.717) is 13.0 Å². The lowest BCUT2D eigenvalue weighted by atomic mass is 10.1. The van der Waals surface area contributed by atoms with Gasteiger partial charge in [-0.2, -0.15) is 11.3 Å². The quantitative estimate of drug-likeness (QED) is 0.658. The summed E-state index contributed by atoms with van der Waals surface area (Å²) in [5.74, 6) is 0.0222. The van der Waals surface area contributed by atoms with E-state index in [-0.39, 0.29) is 5.91 Å². The molecule has 0 unspecified atom stereocenters. The standard InChI is InChI=1S/C17H18N4OS2/c1-23-16-5-2-13(3-6-16)4-7-17(22)18-10-14-11-21(20-19-14)15-8-9-24-12-15/h2-3,5-6,8-9,11-12H,4,7,10H2,1H3,(H,18,22). The highest BCUT2D eigenvalue weighted by Crippen LogP contribution is 2.15. The molecule has 0 radical (unpaired) electrons. The van der Waals surface area contributed by atoms with Gasteiger partial charge in [0.15, 0.2) is 0 Å². The van der Waals surface area contributed by atoms with Crippen molar-refractivity contribution in [3.63, 3.8) is 0 Å². The van der Waals surface area contributed by atoms with E-state index in [1.54, 1.807) is 27.8 Å². The summed E-state index contributed by atoms with van der Waals surface area (Å²) in [4.78, 5) is 13.2. The summed E-state index contributed by atoms with van der Waals surface area (Å²) in [6.45, 7) is 0.397. The number of thiophene rings is 1. The van der Waals surface area contributed by atoms with Crippen molar-refractivity contribution < 1.29 is 4.79 Å². The first kappa shape index (κ1) is 16.7. The molecular formula is C17H18N4OS2. The van der Waals surface area contributed by atoms with E-state index in [1.807, 2.05) is 23.0 Å². The Morgan fingerprint density at radius 3 is 2.83 bits per heavy atom. The molecule has 24 heavy (non-hydrogen) atoms. The smallest absolute Gasteiger partial charge is 0.220 e. The number of benzene rings is 1. The van der Waals surface area contributed by atoms with Gasteiger partial charge in [-0.05, 0) is 41.8 Å². The first-order valence-corrected chi connectivity index (χ1v) is 9.75. The van der Waals surface area contributed by atoms with Crippen molar-refractivity contribution in [2.45, 2.75) is 24.3 Å². The van der Waals surface area contributed by atoms with Gasteiger partial charge >= 0.3 is 0 Å². The van der Waals surface area contributed by atoms with Crippen molar-refractivity contribution in [1.29, 1.82) is 0 Å². The Balaban J connectivity index is 1.45. The van der Waals surface area contributed by atoms with Crippen molar-refractivity contribution in [2.24, 2.45) is 0 Å². The van der Waals surface area contributed by atoms with Gasteiger partial charge in [0.1, 0.15) is 5.69 Å². The van der Waals surface area contributed by atoms with E-state index in [4.69, 9.17) is 0 Å². The summed E-state index contributed by atoms with van der Waals surface area (Å²) in [6.07, 6.45) is 5.10. The van der Waals surface area contributed by atoms with Gasteiger partial charge in [-0.3, -0.25) is 4.79 Å². The van der Waals surface area contributed by atoms with Gasteiger partial charge in [0, 0.05) is 16.7 Å². The van der Waals surface area contributed by atoms with E-state index >= 15 is 0 Å². The van der Waals surface area contributed by atoms with Crippen molar-refractivity contribution in [3.05, 3.63) is 58.5 Å². The van der Waals surface area contributed by atoms with Crippen LogP contribution >= 0.6 is 23.1 Å². The van der Waals surface area contributed by atoms with Crippen LogP contribution in [0, 0.1) is 0 Å². The predicted molar refractivity (Wildman–Crippen MR) is 97.6 cm³/mol. The van der Waals surface area contributed by atoms with Crippen molar-refractivity contribution in [3.8, 4) is 5.69 Å². The molecule has 0 atom stereocenters. The van der Waals surface area contributed by atoms with Crippen LogP contribution in [0.3, 0.4) is 0 Å². The van der Waals surface area contributed by atoms with Gasteiger partial charge in [0.2, 0.25) is 5.91 Å². The highest BCUT2D eigenvalue weighted by atomic mass is 32.2. The number of nitrogens with one attached hydrogen (secondary N) is 1. The number of hydrogen-bond acceptors (Lipinski definition) is 5. The monoisotopic (exact) mass is 358 g/mol. The second kappa shape index (κ2) is 8.12. The van der Waals surface area contributed by atoms with Crippen LogP contribution in [-0.2, 0) is 17.8 Å². The molecule has 5 nitrogen and oxygen atoms in total. The molecule has 2 aromatic heterocycles. The Kier molecular flexibility index (Phi) is 5.66. The zero-order valence-corrected chi connectivity index (χ0v) is 14.9. The molecule has 0 aliphatic heterocycles. The minimum atomic E-state index is 0.0222. The molecule has 0 bridgehead atoms. The fraction of sp³-hybridized carbons (Fsp3) is 0.235. The second-order valence-corrected chi connectivity index (χ2v) is 6.92. The van der Waals surface area contributed by atoms with Crippen LogP contribution < -0.4 is 5.32 Å². The summed E-state index contributed by atoms with van der Waals surface area (Å²) in [5, 5.41) is 15.0. The summed E-state index contributed by atoms with van der Waals surface area (Å²) < 4.78 is 1.71. The topological polar surface area (TPSA) is 59.8 Å². The number of nitrogens with zero attached hydrogens (tertiary/aromatic N) is 3. The third-order valence-electron chi connectivity index (χ3n) is 3.58. The third-order valence-corrected chi connectivity index (χ3v) is 4.99. The van der Waals surface area contributed by atoms with Crippen molar-refractivity contribution >= 4 is 29.0 Å². The number of carbonyl (C=O) groups is 1. The van der Waals surface area contributed by atoms with Crippen molar-refractivity contribution in [2.75, 3.05) is 6.26 Å². The first-order valence-electron chi connectivity index (χ1n) is 7.58. The molecule has 7 heteroatoms. The van der Waals surface area contributed by atoms with Gasteiger partial charge in [0.25, 0.3) is 0 Å². The summed E-state index contributed by atoms with van der Waals surface area (Å²) in [5.41, 5.74) is 2.91. The average molecular weight is 358 g/mol. The number of aryl methyl sites for hydroxylation is 1. The molecule has 3 aromatic rings. The SMILES string of the molecule is CSc1ccc(CCC(=O)NCc2cn(-c3ccsc3)nn2)cc1. The summed E-state index contributed by atoms with van der Waals surface area (Å²) in [6, 6.07) is 10.3. The second-order valence-electron chi connectivity index (χ2n) is 5.26. The van der Waals surface area contributed by atoms with Gasteiger partial charge in [-0.15, -0.1) is 16.9 Å². The number of hydrogen-bond donors (Lipinski definition) is 1. The maximum absolute atomic E-state index is 12.0. The lowest BCUT2D eigenvalue weighted by Gasteiger charge is -2.04. The molecule has 1 amide bonds. The van der Waals surface area contributed by atoms with Crippen LogP contribution in [0.4, 0.5) is 0 Å². The molecule has 2 heterocycles. The zero-order chi connectivity index (χ0) is 16.8. The molecule has 0 aliphatic carbocycles. The molecule has 1 aromatic carbocycles. The molecule has 0 fully saturated rings. The van der Waals surface area contributed by atoms with Gasteiger partial charge < -0.3 is 5.32 Å². The van der Waals surface area contributed by atoms with Crippen LogP contribution in [0.5, 0.6) is 0 Å². The predicted octanol–water partition coefficient (Wildman–Crippen LogP) is 3.30. The minimum Gasteiger partial charge on any atom is -0.350 e. The fourth-order valence-corrected chi connectivity index (χ4v) is 3.25. The Labute approximate surface area is 149 Å². The highest BCUT2D eigenvalue weighted by molar-refractivity contribution is 7.98. The van der Waals surface area contributed by atoms with Gasteiger partial charge in [-0.25, -0.2) is 4.68 Å². The van der Waals surface area contributed by atoms with E-state index in [2.05, 4.69) is 46.2 Å². The Morgan fingerprint density at radius 1 is 1.29 bits per heavy atom. The Hall–Kier alpha value is -2.12. The zero-order valence-electron chi connectivity index (χ0n) is 13.3. The average Bonchev–Trinajstić information content (AvgIpc) is 3.29. The van der Waals surface area contributed by atoms with Crippen molar-refractivity contribution in [1.82, 2.24) is 20.3 Å². The molecule has 0 saturated heterocycles. The van der Waals surface area contributed by atoms with E-state index < -0.39 is 0 Å². The largest absolute Gasteiger partial charge is 0.350 e. The van der Waals surface area contributed by atoms with Gasteiger partial charge in [-0.1, -0.05) is 17.3 Å². The molecule has 0 saturated carbocycles. The summed E-state index contributed by atoms with van der Waals surface area (Å²) in [7, 11) is 0. The number of thioether (sulfide) groups is 1. The number of rotatable bonds is 7. The van der Waals surface area contributed by atoms with E-state index in [9.17, 15) is 4.79 Å². The molecule has 124 valence electrons. The van der Waals surface area contributed by atoms with Crippen LogP contribution in [0.15, 0.2) is 52.2 Å². The lowest BCUT2D eigenvalue weighted by Crippen LogP contribution is -2.23. The lowest BCUT2D eigenvalue weighted by molar-refractivity contribution is -0.121. The third kappa shape index (κ3) is 4.46. The van der Waals surface area contributed by atoms with Crippen LogP contribution in [0.25, 0.3) is 5.69 Å². The Morgan fingerprint density at radius 2 is 2.12 bits per heavy atom. The first-order chi connectivity index (χ1) is 11.7. The number of aromatic nitrogens is 3. The van der Waals surface area contributed by atoms with Crippen LogP contribution in [0.1, 0.15) is 17.7 Å². The molecule has 3 rings (SSSR count). The summed E-state index contributed by atoms with van der Waals surface area (Å²) >= 11 is 3.32. The number of amides is 1. The fourth-order valence-electron chi connectivity index (χ4n) is 2.22. The molecule has 0 spiro atoms. The maximum Gasteiger partial charge on any atom is 0.220 e. The molecule has 0 aliphatic rings. The van der Waals surface area contributed by atoms with Gasteiger partial charge in [0.05, 0.1) is 18.4 Å². The van der Waals surface area contributed by atoms with E-state index in [0.717, 1.165) is 17.8 Å². The minimum absolute atomic E-state index is 0.0222. The van der Waals surface area contributed by atoms with E-state index in [1.165, 1.54) is 10.5 Å². The Bertz CT molecular complexity index is 781. The molecular weight excluding hydrogens is 340 g/mol.